The normalized spacial score (nSPS) is 21.2. The number of nitrogens with zero attached hydrogens (tertiary/aromatic N) is 1. The van der Waals surface area contributed by atoms with Gasteiger partial charge in [-0.05, 0) is 54.7 Å². The lowest BCUT2D eigenvalue weighted by atomic mass is 9.91. The molecule has 4 rings (SSSR count). The second-order valence-corrected chi connectivity index (χ2v) is 9.83. The lowest BCUT2D eigenvalue weighted by molar-refractivity contribution is 0.0623. The van der Waals surface area contributed by atoms with Crippen LogP contribution in [0, 0.1) is 11.8 Å². The third-order valence-corrected chi connectivity index (χ3v) is 6.74. The predicted molar refractivity (Wildman–Crippen MR) is 114 cm³/mol. The standard InChI is InChI=1S/C22H26N2O5S/c1-15-11-16(2)14-24(13-15)22(25)17-3-5-18(6-4-17)23-30(26,27)19-7-8-20-21(12-19)29-10-9-28-20/h3-8,12,15-16,23H,9-11,13-14H2,1-2H3. The third-order valence-electron chi connectivity index (χ3n) is 5.36. The molecule has 2 heterocycles. The predicted octanol–water partition coefficient (Wildman–Crippen LogP) is 3.38. The summed E-state index contributed by atoms with van der Waals surface area (Å²) in [4.78, 5) is 14.8. The van der Waals surface area contributed by atoms with Crippen molar-refractivity contribution in [2.75, 3.05) is 31.0 Å². The van der Waals surface area contributed by atoms with Crippen molar-refractivity contribution in [3.63, 3.8) is 0 Å². The highest BCUT2D eigenvalue weighted by Crippen LogP contribution is 2.32. The van der Waals surface area contributed by atoms with Crippen molar-refractivity contribution in [2.45, 2.75) is 25.2 Å². The van der Waals surface area contributed by atoms with Crippen LogP contribution in [0.4, 0.5) is 5.69 Å². The fourth-order valence-electron chi connectivity index (χ4n) is 4.10. The number of likely N-dealkylation sites (tertiary alicyclic amines) is 1. The Morgan fingerprint density at radius 3 is 2.27 bits per heavy atom. The summed E-state index contributed by atoms with van der Waals surface area (Å²) >= 11 is 0. The molecule has 0 saturated carbocycles. The zero-order valence-corrected chi connectivity index (χ0v) is 17.9. The van der Waals surface area contributed by atoms with Crippen LogP contribution in [-0.2, 0) is 10.0 Å². The molecular weight excluding hydrogens is 404 g/mol. The van der Waals surface area contributed by atoms with Gasteiger partial charge in [0.2, 0.25) is 0 Å². The molecule has 2 aliphatic rings. The maximum atomic E-state index is 12.8. The summed E-state index contributed by atoms with van der Waals surface area (Å²) in [5.41, 5.74) is 0.945. The fourth-order valence-corrected chi connectivity index (χ4v) is 5.17. The van der Waals surface area contributed by atoms with E-state index >= 15 is 0 Å². The fraction of sp³-hybridized carbons (Fsp3) is 0.409. The largest absolute Gasteiger partial charge is 0.486 e. The summed E-state index contributed by atoms with van der Waals surface area (Å²) < 4.78 is 38.9. The van der Waals surface area contributed by atoms with Crippen molar-refractivity contribution in [3.8, 4) is 11.5 Å². The highest BCUT2D eigenvalue weighted by Gasteiger charge is 2.26. The number of anilines is 1. The lowest BCUT2D eigenvalue weighted by Crippen LogP contribution is -2.42. The highest BCUT2D eigenvalue weighted by molar-refractivity contribution is 7.92. The molecule has 0 bridgehead atoms. The minimum atomic E-state index is -3.80. The van der Waals surface area contributed by atoms with Crippen LogP contribution in [0.25, 0.3) is 0 Å². The molecule has 1 saturated heterocycles. The molecule has 8 heteroatoms. The van der Waals surface area contributed by atoms with Gasteiger partial charge in [0.1, 0.15) is 13.2 Å². The van der Waals surface area contributed by atoms with Crippen molar-refractivity contribution < 1.29 is 22.7 Å². The molecule has 0 radical (unpaired) electrons. The molecule has 1 N–H and O–H groups in total. The van der Waals surface area contributed by atoms with E-state index in [0.29, 0.717) is 47.8 Å². The minimum absolute atomic E-state index is 0.0188. The van der Waals surface area contributed by atoms with Gasteiger partial charge in [-0.2, -0.15) is 0 Å². The zero-order valence-electron chi connectivity index (χ0n) is 17.1. The number of carbonyl (C=O) groups excluding carboxylic acids is 1. The number of fused-ring (bicyclic) bond motifs is 1. The average Bonchev–Trinajstić information content (AvgIpc) is 2.72. The van der Waals surface area contributed by atoms with Gasteiger partial charge in [0, 0.05) is 30.4 Å². The van der Waals surface area contributed by atoms with Crippen LogP contribution in [0.15, 0.2) is 47.4 Å². The van der Waals surface area contributed by atoms with Gasteiger partial charge in [0.15, 0.2) is 11.5 Å². The van der Waals surface area contributed by atoms with Crippen LogP contribution in [0.1, 0.15) is 30.6 Å². The van der Waals surface area contributed by atoms with Crippen LogP contribution < -0.4 is 14.2 Å². The molecule has 0 spiro atoms. The van der Waals surface area contributed by atoms with Crippen molar-refractivity contribution in [1.29, 1.82) is 0 Å². The number of carbonyl (C=O) groups is 1. The SMILES string of the molecule is CC1CC(C)CN(C(=O)c2ccc(NS(=O)(=O)c3ccc4c(c3)OCCO4)cc2)C1. The van der Waals surface area contributed by atoms with Crippen molar-refractivity contribution >= 4 is 21.6 Å². The van der Waals surface area contributed by atoms with E-state index in [0.717, 1.165) is 19.5 Å². The van der Waals surface area contributed by atoms with Crippen LogP contribution in [0.5, 0.6) is 11.5 Å². The van der Waals surface area contributed by atoms with E-state index in [2.05, 4.69) is 18.6 Å². The summed E-state index contributed by atoms with van der Waals surface area (Å²) in [5.74, 6) is 1.89. The number of piperidine rings is 1. The summed E-state index contributed by atoms with van der Waals surface area (Å²) in [6.45, 7) is 6.65. The topological polar surface area (TPSA) is 84.9 Å². The average molecular weight is 431 g/mol. The smallest absolute Gasteiger partial charge is 0.262 e. The molecule has 1 fully saturated rings. The maximum absolute atomic E-state index is 12.8. The molecule has 7 nitrogen and oxygen atoms in total. The number of hydrogen-bond acceptors (Lipinski definition) is 5. The first-order chi connectivity index (χ1) is 14.3. The summed E-state index contributed by atoms with van der Waals surface area (Å²) in [6, 6.07) is 11.1. The Labute approximate surface area is 177 Å². The Morgan fingerprint density at radius 2 is 1.60 bits per heavy atom. The molecule has 2 aromatic carbocycles. The van der Waals surface area contributed by atoms with Gasteiger partial charge in [-0.1, -0.05) is 13.8 Å². The highest BCUT2D eigenvalue weighted by atomic mass is 32.2. The number of amides is 1. The van der Waals surface area contributed by atoms with E-state index in [1.165, 1.54) is 12.1 Å². The van der Waals surface area contributed by atoms with Gasteiger partial charge in [-0.25, -0.2) is 8.42 Å². The summed E-state index contributed by atoms with van der Waals surface area (Å²) in [5, 5.41) is 0. The molecule has 0 aliphatic carbocycles. The van der Waals surface area contributed by atoms with Gasteiger partial charge in [0.25, 0.3) is 15.9 Å². The van der Waals surface area contributed by atoms with E-state index in [1.807, 2.05) is 4.90 Å². The van der Waals surface area contributed by atoms with Crippen molar-refractivity contribution in [2.24, 2.45) is 11.8 Å². The summed E-state index contributed by atoms with van der Waals surface area (Å²) in [6.07, 6.45) is 1.13. The Balaban J connectivity index is 1.47. The second-order valence-electron chi connectivity index (χ2n) is 8.14. The first-order valence-electron chi connectivity index (χ1n) is 10.1. The number of sulfonamides is 1. The van der Waals surface area contributed by atoms with Crippen molar-refractivity contribution in [3.05, 3.63) is 48.0 Å². The van der Waals surface area contributed by atoms with E-state index < -0.39 is 10.0 Å². The molecular formula is C22H26N2O5S. The number of benzene rings is 2. The Morgan fingerprint density at radius 1 is 0.967 bits per heavy atom. The Bertz CT molecular complexity index is 1030. The molecule has 30 heavy (non-hydrogen) atoms. The van der Waals surface area contributed by atoms with Gasteiger partial charge in [0.05, 0.1) is 4.90 Å². The van der Waals surface area contributed by atoms with Gasteiger partial charge >= 0.3 is 0 Å². The number of hydrogen-bond donors (Lipinski definition) is 1. The molecule has 160 valence electrons. The Kier molecular flexibility index (Phi) is 5.60. The minimum Gasteiger partial charge on any atom is -0.486 e. The Hall–Kier alpha value is -2.74. The second kappa shape index (κ2) is 8.18. The third kappa shape index (κ3) is 4.38. The number of ether oxygens (including phenoxy) is 2. The maximum Gasteiger partial charge on any atom is 0.262 e. The zero-order chi connectivity index (χ0) is 21.3. The summed E-state index contributed by atoms with van der Waals surface area (Å²) in [7, 11) is -3.80. The van der Waals surface area contributed by atoms with E-state index in [1.54, 1.807) is 30.3 Å². The molecule has 2 aromatic rings. The number of rotatable bonds is 4. The molecule has 2 aliphatic heterocycles. The van der Waals surface area contributed by atoms with Gasteiger partial charge < -0.3 is 14.4 Å². The van der Waals surface area contributed by atoms with Crippen LogP contribution in [0.2, 0.25) is 0 Å². The van der Waals surface area contributed by atoms with Crippen LogP contribution in [0.3, 0.4) is 0 Å². The van der Waals surface area contributed by atoms with Crippen LogP contribution in [-0.4, -0.2) is 45.5 Å². The molecule has 2 unspecified atom stereocenters. The lowest BCUT2D eigenvalue weighted by Gasteiger charge is -2.35. The molecule has 0 aromatic heterocycles. The van der Waals surface area contributed by atoms with Gasteiger partial charge in [-0.15, -0.1) is 0 Å². The van der Waals surface area contributed by atoms with Crippen molar-refractivity contribution in [1.82, 2.24) is 4.90 Å². The number of nitrogens with one attached hydrogen (secondary N) is 1. The first-order valence-corrected chi connectivity index (χ1v) is 11.6. The quantitative estimate of drug-likeness (QED) is 0.804. The molecule has 2 atom stereocenters. The first kappa shape index (κ1) is 20.5. The van der Waals surface area contributed by atoms with E-state index in [4.69, 9.17) is 9.47 Å². The van der Waals surface area contributed by atoms with E-state index in [-0.39, 0.29) is 10.8 Å². The van der Waals surface area contributed by atoms with Crippen LogP contribution >= 0.6 is 0 Å². The van der Waals surface area contributed by atoms with E-state index in [9.17, 15) is 13.2 Å². The molecule has 1 amide bonds. The van der Waals surface area contributed by atoms with Gasteiger partial charge in [-0.3, -0.25) is 9.52 Å². The monoisotopic (exact) mass is 430 g/mol.